The number of hydrogen-bond donors (Lipinski definition) is 1. The second-order valence-corrected chi connectivity index (χ2v) is 4.97. The number of fused-ring (bicyclic) bond motifs is 1. The van der Waals surface area contributed by atoms with E-state index < -0.39 is 0 Å². The van der Waals surface area contributed by atoms with Crippen LogP contribution in [-0.2, 0) is 0 Å². The number of piperidine rings is 1. The Morgan fingerprint density at radius 1 is 1.06 bits per heavy atom. The molecule has 1 atom stereocenters. The third kappa shape index (κ3) is 2.65. The number of benzene rings is 2. The highest BCUT2D eigenvalue weighted by molar-refractivity contribution is 5.83. The van der Waals surface area contributed by atoms with Crippen molar-refractivity contribution in [2.75, 3.05) is 13.2 Å². The van der Waals surface area contributed by atoms with Crippen molar-refractivity contribution in [1.82, 2.24) is 5.32 Å². The van der Waals surface area contributed by atoms with Gasteiger partial charge in [-0.1, -0.05) is 36.8 Å². The van der Waals surface area contributed by atoms with Crippen molar-refractivity contribution in [1.29, 1.82) is 0 Å². The van der Waals surface area contributed by atoms with Crippen LogP contribution in [0, 0.1) is 0 Å². The Morgan fingerprint density at radius 2 is 1.94 bits per heavy atom. The van der Waals surface area contributed by atoms with E-state index in [0.717, 1.165) is 18.9 Å². The average Bonchev–Trinajstić information content (AvgIpc) is 2.46. The molecule has 1 saturated heterocycles. The van der Waals surface area contributed by atoms with Crippen LogP contribution in [-0.4, -0.2) is 19.2 Å². The molecule has 1 fully saturated rings. The second-order valence-electron chi connectivity index (χ2n) is 4.97. The zero-order chi connectivity index (χ0) is 12.2. The van der Waals surface area contributed by atoms with Crippen LogP contribution in [0.2, 0.25) is 0 Å². The molecule has 0 bridgehead atoms. The molecule has 0 aliphatic carbocycles. The summed E-state index contributed by atoms with van der Waals surface area (Å²) in [4.78, 5) is 0. The summed E-state index contributed by atoms with van der Waals surface area (Å²) in [5.74, 6) is 0.973. The van der Waals surface area contributed by atoms with E-state index in [1.54, 1.807) is 0 Å². The first-order valence-corrected chi connectivity index (χ1v) is 6.77. The number of hydrogen-bond acceptors (Lipinski definition) is 2. The van der Waals surface area contributed by atoms with Crippen molar-refractivity contribution in [2.24, 2.45) is 0 Å². The van der Waals surface area contributed by atoms with Crippen LogP contribution in [0.4, 0.5) is 0 Å². The van der Waals surface area contributed by atoms with Gasteiger partial charge in [0.2, 0.25) is 0 Å². The smallest absolute Gasteiger partial charge is 0.120 e. The fourth-order valence-corrected chi connectivity index (χ4v) is 2.52. The van der Waals surface area contributed by atoms with Crippen LogP contribution < -0.4 is 10.1 Å². The Kier molecular flexibility index (Phi) is 3.47. The molecule has 18 heavy (non-hydrogen) atoms. The fraction of sp³-hybridized carbons (Fsp3) is 0.375. The molecule has 1 aliphatic heterocycles. The minimum Gasteiger partial charge on any atom is -0.492 e. The van der Waals surface area contributed by atoms with Crippen LogP contribution in [0.25, 0.3) is 10.8 Å². The molecule has 2 aromatic rings. The lowest BCUT2D eigenvalue weighted by atomic mass is 10.1. The summed E-state index contributed by atoms with van der Waals surface area (Å²) in [6.07, 6.45) is 3.85. The second kappa shape index (κ2) is 5.40. The zero-order valence-corrected chi connectivity index (χ0v) is 10.6. The van der Waals surface area contributed by atoms with Crippen molar-refractivity contribution in [2.45, 2.75) is 25.3 Å². The van der Waals surface area contributed by atoms with Crippen molar-refractivity contribution in [3.05, 3.63) is 42.5 Å². The molecule has 0 spiro atoms. The zero-order valence-electron chi connectivity index (χ0n) is 10.6. The van der Waals surface area contributed by atoms with Gasteiger partial charge in [0.05, 0.1) is 0 Å². The summed E-state index contributed by atoms with van der Waals surface area (Å²) >= 11 is 0. The summed E-state index contributed by atoms with van der Waals surface area (Å²) in [5, 5.41) is 6.01. The molecule has 1 heterocycles. The van der Waals surface area contributed by atoms with E-state index in [0.29, 0.717) is 6.04 Å². The summed E-state index contributed by atoms with van der Waals surface area (Å²) in [6, 6.07) is 15.2. The lowest BCUT2D eigenvalue weighted by Crippen LogP contribution is -2.38. The maximum Gasteiger partial charge on any atom is 0.120 e. The number of ether oxygens (including phenoxy) is 1. The number of rotatable bonds is 3. The minimum absolute atomic E-state index is 0.519. The molecule has 2 aromatic carbocycles. The highest BCUT2D eigenvalue weighted by Gasteiger charge is 2.12. The molecule has 2 nitrogen and oxygen atoms in total. The van der Waals surface area contributed by atoms with Gasteiger partial charge in [-0.05, 0) is 42.3 Å². The van der Waals surface area contributed by atoms with Crippen LogP contribution >= 0.6 is 0 Å². The molecular weight excluding hydrogens is 222 g/mol. The van der Waals surface area contributed by atoms with Gasteiger partial charge in [0.25, 0.3) is 0 Å². The number of nitrogens with one attached hydrogen (secondary N) is 1. The van der Waals surface area contributed by atoms with E-state index in [2.05, 4.69) is 47.8 Å². The van der Waals surface area contributed by atoms with Gasteiger partial charge in [-0.3, -0.25) is 0 Å². The summed E-state index contributed by atoms with van der Waals surface area (Å²) in [5.41, 5.74) is 0. The standard InChI is InChI=1S/C16H19NO/c1-2-6-14-11-16(9-8-13(14)5-1)18-12-15-7-3-4-10-17-15/h1-2,5-6,8-9,11,15,17H,3-4,7,10,12H2/t15-/m1/s1. The van der Waals surface area contributed by atoms with E-state index >= 15 is 0 Å². The summed E-state index contributed by atoms with van der Waals surface area (Å²) in [6.45, 7) is 1.91. The minimum atomic E-state index is 0.519. The van der Waals surface area contributed by atoms with Crippen molar-refractivity contribution >= 4 is 10.8 Å². The fourth-order valence-electron chi connectivity index (χ4n) is 2.52. The molecule has 0 unspecified atom stereocenters. The van der Waals surface area contributed by atoms with Crippen LogP contribution in [0.3, 0.4) is 0 Å². The Bertz CT molecular complexity index is 517. The van der Waals surface area contributed by atoms with Gasteiger partial charge in [-0.2, -0.15) is 0 Å². The van der Waals surface area contributed by atoms with E-state index in [4.69, 9.17) is 4.74 Å². The van der Waals surface area contributed by atoms with Gasteiger partial charge < -0.3 is 10.1 Å². The predicted octanol–water partition coefficient (Wildman–Crippen LogP) is 3.36. The summed E-state index contributed by atoms with van der Waals surface area (Å²) < 4.78 is 5.89. The van der Waals surface area contributed by atoms with Crippen LogP contribution in [0.1, 0.15) is 19.3 Å². The van der Waals surface area contributed by atoms with Gasteiger partial charge in [0.1, 0.15) is 12.4 Å². The lowest BCUT2D eigenvalue weighted by molar-refractivity contribution is 0.239. The van der Waals surface area contributed by atoms with E-state index in [-0.39, 0.29) is 0 Å². The highest BCUT2D eigenvalue weighted by Crippen LogP contribution is 2.21. The quantitative estimate of drug-likeness (QED) is 0.889. The Morgan fingerprint density at radius 3 is 2.78 bits per heavy atom. The van der Waals surface area contributed by atoms with Crippen molar-refractivity contribution in [3.8, 4) is 5.75 Å². The van der Waals surface area contributed by atoms with Gasteiger partial charge >= 0.3 is 0 Å². The third-order valence-corrected chi connectivity index (χ3v) is 3.58. The third-order valence-electron chi connectivity index (χ3n) is 3.58. The molecular formula is C16H19NO. The van der Waals surface area contributed by atoms with Crippen LogP contribution in [0.15, 0.2) is 42.5 Å². The lowest BCUT2D eigenvalue weighted by Gasteiger charge is -2.23. The molecule has 1 N–H and O–H groups in total. The van der Waals surface area contributed by atoms with E-state index in [1.165, 1.54) is 30.0 Å². The molecule has 0 aromatic heterocycles. The van der Waals surface area contributed by atoms with Crippen molar-refractivity contribution in [3.63, 3.8) is 0 Å². The Balaban J connectivity index is 1.66. The van der Waals surface area contributed by atoms with Crippen molar-refractivity contribution < 1.29 is 4.74 Å². The first kappa shape index (κ1) is 11.5. The molecule has 3 rings (SSSR count). The van der Waals surface area contributed by atoms with Gasteiger partial charge in [-0.25, -0.2) is 0 Å². The largest absolute Gasteiger partial charge is 0.492 e. The normalized spacial score (nSPS) is 19.9. The molecule has 0 amide bonds. The maximum atomic E-state index is 5.89. The molecule has 94 valence electrons. The average molecular weight is 241 g/mol. The Labute approximate surface area is 108 Å². The predicted molar refractivity (Wildman–Crippen MR) is 75.1 cm³/mol. The van der Waals surface area contributed by atoms with Gasteiger partial charge in [0.15, 0.2) is 0 Å². The Hall–Kier alpha value is -1.54. The van der Waals surface area contributed by atoms with Gasteiger partial charge in [0, 0.05) is 6.04 Å². The SMILES string of the molecule is c1ccc2cc(OC[C@H]3CCCCN3)ccc2c1. The molecule has 1 aliphatic rings. The topological polar surface area (TPSA) is 21.3 Å². The maximum absolute atomic E-state index is 5.89. The molecule has 2 heteroatoms. The first-order valence-electron chi connectivity index (χ1n) is 6.77. The van der Waals surface area contributed by atoms with Gasteiger partial charge in [-0.15, -0.1) is 0 Å². The van der Waals surface area contributed by atoms with E-state index in [9.17, 15) is 0 Å². The molecule has 0 saturated carbocycles. The summed E-state index contributed by atoms with van der Waals surface area (Å²) in [7, 11) is 0. The van der Waals surface area contributed by atoms with Crippen LogP contribution in [0.5, 0.6) is 5.75 Å². The monoisotopic (exact) mass is 241 g/mol. The highest BCUT2D eigenvalue weighted by atomic mass is 16.5. The first-order chi connectivity index (χ1) is 8.92. The molecule has 0 radical (unpaired) electrons. The van der Waals surface area contributed by atoms with E-state index in [1.807, 2.05) is 0 Å².